The Morgan fingerprint density at radius 1 is 1.57 bits per heavy atom. The summed E-state index contributed by atoms with van der Waals surface area (Å²) in [5.74, 6) is -0.488. The van der Waals surface area contributed by atoms with Gasteiger partial charge in [-0.3, -0.25) is 19.1 Å². The molecule has 0 saturated carbocycles. The quantitative estimate of drug-likeness (QED) is 0.550. The van der Waals surface area contributed by atoms with Crippen LogP contribution in [-0.2, 0) is 14.3 Å². The van der Waals surface area contributed by atoms with E-state index in [-0.39, 0.29) is 6.61 Å². The molecule has 9 heteroatoms. The number of carbonyl (C=O) groups is 1. The summed E-state index contributed by atoms with van der Waals surface area (Å²) >= 11 is 3.26. The molecule has 1 saturated heterocycles. The number of aryl methyl sites for hydroxylation is 1. The van der Waals surface area contributed by atoms with Crippen molar-refractivity contribution in [2.75, 3.05) is 6.61 Å². The molecule has 1 aromatic heterocycles. The van der Waals surface area contributed by atoms with E-state index < -0.39 is 40.5 Å². The van der Waals surface area contributed by atoms with Gasteiger partial charge in [-0.05, 0) is 6.92 Å². The third-order valence-corrected chi connectivity index (χ3v) is 4.16. The highest BCUT2D eigenvalue weighted by Gasteiger charge is 2.44. The molecule has 2 rings (SSSR count). The first kappa shape index (κ1) is 15.9. The van der Waals surface area contributed by atoms with E-state index in [1.807, 2.05) is 0 Å². The zero-order chi connectivity index (χ0) is 15.7. The van der Waals surface area contributed by atoms with Gasteiger partial charge in [0.25, 0.3) is 5.56 Å². The van der Waals surface area contributed by atoms with Crippen molar-refractivity contribution in [3.05, 3.63) is 32.6 Å². The van der Waals surface area contributed by atoms with Gasteiger partial charge in [-0.25, -0.2) is 4.79 Å². The van der Waals surface area contributed by atoms with Crippen LogP contribution >= 0.6 is 15.9 Å². The maximum Gasteiger partial charge on any atom is 0.330 e. The van der Waals surface area contributed by atoms with Crippen molar-refractivity contribution in [3.8, 4) is 0 Å². The predicted octanol–water partition coefficient (Wildman–Crippen LogP) is -0.570. The van der Waals surface area contributed by atoms with E-state index in [9.17, 15) is 19.5 Å². The van der Waals surface area contributed by atoms with Crippen LogP contribution in [0.15, 0.2) is 15.8 Å². The van der Waals surface area contributed by atoms with Crippen molar-refractivity contribution in [1.29, 1.82) is 0 Å². The molecule has 0 spiro atoms. The minimum absolute atomic E-state index is 0.119. The fourth-order valence-corrected chi connectivity index (χ4v) is 2.76. The number of nitrogens with one attached hydrogen (secondary N) is 1. The third-order valence-electron chi connectivity index (χ3n) is 3.16. The lowest BCUT2D eigenvalue weighted by atomic mass is 10.2. The van der Waals surface area contributed by atoms with E-state index in [1.54, 1.807) is 6.92 Å². The maximum atomic E-state index is 11.8. The van der Waals surface area contributed by atoms with Crippen molar-refractivity contribution in [3.63, 3.8) is 0 Å². The third kappa shape index (κ3) is 3.25. The lowest BCUT2D eigenvalue weighted by Crippen LogP contribution is -2.36. The minimum atomic E-state index is -0.964. The predicted molar refractivity (Wildman–Crippen MR) is 75.3 cm³/mol. The average Bonchev–Trinajstić information content (AvgIpc) is 2.68. The molecule has 0 amide bonds. The van der Waals surface area contributed by atoms with E-state index in [2.05, 4.69) is 20.9 Å². The number of ether oxygens (including phenoxy) is 2. The molecular formula is C12H15BrN2O6. The van der Waals surface area contributed by atoms with Crippen LogP contribution in [0.2, 0.25) is 0 Å². The number of aliphatic hydroxyl groups is 1. The molecule has 8 nitrogen and oxygen atoms in total. The van der Waals surface area contributed by atoms with Gasteiger partial charge in [-0.15, -0.1) is 0 Å². The summed E-state index contributed by atoms with van der Waals surface area (Å²) in [6, 6.07) is 0. The number of nitrogens with zero attached hydrogens (tertiary/aromatic N) is 1. The van der Waals surface area contributed by atoms with Crippen LogP contribution < -0.4 is 11.2 Å². The van der Waals surface area contributed by atoms with E-state index in [0.717, 1.165) is 0 Å². The van der Waals surface area contributed by atoms with Gasteiger partial charge in [-0.1, -0.05) is 15.9 Å². The van der Waals surface area contributed by atoms with Gasteiger partial charge in [0.15, 0.2) is 6.23 Å². The van der Waals surface area contributed by atoms with E-state index in [4.69, 9.17) is 9.47 Å². The first-order valence-corrected chi connectivity index (χ1v) is 7.16. The molecule has 1 fully saturated rings. The largest absolute Gasteiger partial charge is 0.463 e. The molecule has 0 aliphatic carbocycles. The van der Waals surface area contributed by atoms with E-state index >= 15 is 0 Å². The average molecular weight is 363 g/mol. The summed E-state index contributed by atoms with van der Waals surface area (Å²) in [4.78, 5) is 35.6. The number of aromatic amines is 1. The topological polar surface area (TPSA) is 111 Å². The van der Waals surface area contributed by atoms with Gasteiger partial charge in [0.05, 0.1) is 4.83 Å². The van der Waals surface area contributed by atoms with Gasteiger partial charge >= 0.3 is 11.7 Å². The van der Waals surface area contributed by atoms with Crippen molar-refractivity contribution >= 4 is 21.9 Å². The molecule has 0 radical (unpaired) electrons. The Morgan fingerprint density at radius 3 is 2.86 bits per heavy atom. The second-order valence-corrected chi connectivity index (χ2v) is 5.84. The zero-order valence-electron chi connectivity index (χ0n) is 11.4. The van der Waals surface area contributed by atoms with Gasteiger partial charge in [-0.2, -0.15) is 0 Å². The Hall–Kier alpha value is -1.45. The molecule has 0 bridgehead atoms. The monoisotopic (exact) mass is 362 g/mol. The van der Waals surface area contributed by atoms with Crippen LogP contribution in [0, 0.1) is 6.92 Å². The molecule has 4 atom stereocenters. The molecule has 21 heavy (non-hydrogen) atoms. The van der Waals surface area contributed by atoms with Gasteiger partial charge in [0.2, 0.25) is 0 Å². The number of H-pyrrole nitrogens is 1. The maximum absolute atomic E-state index is 11.8. The fraction of sp³-hybridized carbons (Fsp3) is 0.583. The summed E-state index contributed by atoms with van der Waals surface area (Å²) in [5, 5.41) is 10.1. The van der Waals surface area contributed by atoms with Crippen molar-refractivity contribution in [2.24, 2.45) is 0 Å². The SMILES string of the molecule is CC(=O)OC[C@@H]1O[C@H](n2cc(C)c(=O)[nH]c2=O)C(Br)C1O. The molecule has 1 aromatic rings. The number of rotatable bonds is 3. The molecule has 2 N–H and O–H groups in total. The highest BCUT2D eigenvalue weighted by Crippen LogP contribution is 2.33. The van der Waals surface area contributed by atoms with E-state index in [1.165, 1.54) is 17.7 Å². The van der Waals surface area contributed by atoms with Crippen molar-refractivity contribution < 1.29 is 19.4 Å². The Kier molecular flexibility index (Phi) is 4.64. The first-order valence-electron chi connectivity index (χ1n) is 6.24. The summed E-state index contributed by atoms with van der Waals surface area (Å²) < 4.78 is 11.6. The molecule has 116 valence electrons. The first-order chi connectivity index (χ1) is 9.81. The molecule has 1 aliphatic rings. The lowest BCUT2D eigenvalue weighted by Gasteiger charge is -2.17. The van der Waals surface area contributed by atoms with Gasteiger partial charge in [0, 0.05) is 18.7 Å². The van der Waals surface area contributed by atoms with Crippen LogP contribution in [-0.4, -0.2) is 44.3 Å². The molecule has 2 heterocycles. The fourth-order valence-electron chi connectivity index (χ4n) is 2.04. The Morgan fingerprint density at radius 2 is 2.24 bits per heavy atom. The summed E-state index contributed by atoms with van der Waals surface area (Å²) in [6.07, 6.45) is -1.18. The Balaban J connectivity index is 2.25. The second-order valence-electron chi connectivity index (χ2n) is 4.78. The Bertz CT molecular complexity index is 654. The van der Waals surface area contributed by atoms with E-state index in [0.29, 0.717) is 5.56 Å². The number of esters is 1. The normalized spacial score (nSPS) is 28.6. The van der Waals surface area contributed by atoms with Crippen LogP contribution in [0.1, 0.15) is 18.7 Å². The highest BCUT2D eigenvalue weighted by molar-refractivity contribution is 9.09. The number of aromatic nitrogens is 2. The van der Waals surface area contributed by atoms with Crippen molar-refractivity contribution in [1.82, 2.24) is 9.55 Å². The lowest BCUT2D eigenvalue weighted by molar-refractivity contribution is -0.147. The molecule has 1 aliphatic heterocycles. The van der Waals surface area contributed by atoms with Crippen LogP contribution in [0.4, 0.5) is 0 Å². The number of halogens is 1. The van der Waals surface area contributed by atoms with Gasteiger partial charge in [0.1, 0.15) is 18.8 Å². The highest BCUT2D eigenvalue weighted by atomic mass is 79.9. The standard InChI is InChI=1S/C12H15BrN2O6/c1-5-3-15(12(19)14-10(5)18)11-8(13)9(17)7(21-11)4-20-6(2)16/h3,7-9,11,17H,4H2,1-2H3,(H,14,18,19)/t7-,8?,9?,11-/m0/s1. The van der Waals surface area contributed by atoms with Crippen molar-refractivity contribution in [2.45, 2.75) is 37.1 Å². The van der Waals surface area contributed by atoms with Crippen LogP contribution in [0.3, 0.4) is 0 Å². The van der Waals surface area contributed by atoms with Crippen LogP contribution in [0.25, 0.3) is 0 Å². The summed E-state index contributed by atoms with van der Waals surface area (Å²) in [6.45, 7) is 2.69. The van der Waals surface area contributed by atoms with Crippen LogP contribution in [0.5, 0.6) is 0 Å². The number of carbonyl (C=O) groups excluding carboxylic acids is 1. The summed E-state index contributed by atoms with van der Waals surface area (Å²) in [7, 11) is 0. The number of hydrogen-bond acceptors (Lipinski definition) is 6. The molecule has 0 aromatic carbocycles. The molecular weight excluding hydrogens is 348 g/mol. The summed E-state index contributed by atoms with van der Waals surface area (Å²) in [5.41, 5.74) is -0.770. The minimum Gasteiger partial charge on any atom is -0.463 e. The Labute approximate surface area is 127 Å². The van der Waals surface area contributed by atoms with Gasteiger partial charge < -0.3 is 14.6 Å². The molecule has 2 unspecified atom stereocenters. The zero-order valence-corrected chi connectivity index (χ0v) is 13.0. The number of aliphatic hydroxyl groups excluding tert-OH is 1. The second kappa shape index (κ2) is 6.12. The number of hydrogen-bond donors (Lipinski definition) is 2. The smallest absolute Gasteiger partial charge is 0.330 e. The number of alkyl halides is 1.